The van der Waals surface area contributed by atoms with Crippen molar-refractivity contribution in [3.05, 3.63) is 23.4 Å². The normalized spacial score (nSPS) is 14.7. The van der Waals surface area contributed by atoms with Gasteiger partial charge in [-0.2, -0.15) is 4.98 Å². The van der Waals surface area contributed by atoms with E-state index in [1.165, 1.54) is 11.3 Å². The molecule has 1 saturated carbocycles. The highest BCUT2D eigenvalue weighted by molar-refractivity contribution is 7.13. The fourth-order valence-corrected chi connectivity index (χ4v) is 3.28. The summed E-state index contributed by atoms with van der Waals surface area (Å²) in [6.07, 6.45) is 4.68. The monoisotopic (exact) mass is 349 g/mol. The summed E-state index contributed by atoms with van der Waals surface area (Å²) < 4.78 is 10.1. The first-order chi connectivity index (χ1) is 11.7. The molecule has 0 unspecified atom stereocenters. The molecule has 0 aromatic carbocycles. The number of thiophene rings is 1. The lowest BCUT2D eigenvalue weighted by Crippen LogP contribution is -2.35. The van der Waals surface area contributed by atoms with E-state index in [4.69, 9.17) is 9.26 Å². The molecule has 0 spiro atoms. The molecule has 0 atom stereocenters. The van der Waals surface area contributed by atoms with Crippen molar-refractivity contribution in [1.82, 2.24) is 15.5 Å². The van der Waals surface area contributed by atoms with E-state index in [1.807, 2.05) is 17.5 Å². The molecule has 7 nitrogen and oxygen atoms in total. The Bertz CT molecular complexity index is 677. The van der Waals surface area contributed by atoms with Crippen LogP contribution >= 0.6 is 11.3 Å². The van der Waals surface area contributed by atoms with Crippen LogP contribution in [0, 0.1) is 0 Å². The number of hydrogen-bond donors (Lipinski definition) is 1. The van der Waals surface area contributed by atoms with Gasteiger partial charge in [0.15, 0.2) is 6.61 Å². The highest BCUT2D eigenvalue weighted by Gasteiger charge is 2.18. The topological polar surface area (TPSA) is 94.3 Å². The van der Waals surface area contributed by atoms with Gasteiger partial charge in [0.05, 0.1) is 11.3 Å². The van der Waals surface area contributed by atoms with Crippen LogP contribution in [0.3, 0.4) is 0 Å². The predicted octanol–water partition coefficient (Wildman–Crippen LogP) is 2.33. The molecule has 2 aromatic heterocycles. The van der Waals surface area contributed by atoms with Gasteiger partial charge < -0.3 is 14.6 Å². The van der Waals surface area contributed by atoms with Crippen LogP contribution in [-0.4, -0.2) is 34.7 Å². The van der Waals surface area contributed by atoms with Gasteiger partial charge in [-0.1, -0.05) is 24.1 Å². The van der Waals surface area contributed by atoms with Gasteiger partial charge in [-0.3, -0.25) is 9.59 Å². The second-order valence-electron chi connectivity index (χ2n) is 5.70. The zero-order valence-corrected chi connectivity index (χ0v) is 14.0. The minimum absolute atomic E-state index is 0.1000. The maximum absolute atomic E-state index is 11.7. The summed E-state index contributed by atoms with van der Waals surface area (Å²) in [6.45, 7) is -0.236. The Balaban J connectivity index is 1.37. The smallest absolute Gasteiger partial charge is 0.306 e. The summed E-state index contributed by atoms with van der Waals surface area (Å²) in [5.74, 6) is 0.204. The van der Waals surface area contributed by atoms with E-state index in [9.17, 15) is 9.59 Å². The number of nitrogens with one attached hydrogen (secondary N) is 1. The van der Waals surface area contributed by atoms with Crippen LogP contribution in [0.4, 0.5) is 0 Å². The van der Waals surface area contributed by atoms with E-state index in [0.29, 0.717) is 18.1 Å². The number of carbonyl (C=O) groups excluding carboxylic acids is 2. The molecular weight excluding hydrogens is 330 g/mol. The SMILES string of the molecule is O=C(COC(=O)CCc1nc(-c2cccs2)no1)NC1CCCC1. The molecule has 24 heavy (non-hydrogen) atoms. The van der Waals surface area contributed by atoms with Gasteiger partial charge >= 0.3 is 5.97 Å². The lowest BCUT2D eigenvalue weighted by atomic mass is 10.2. The first-order valence-electron chi connectivity index (χ1n) is 8.02. The molecule has 8 heteroatoms. The van der Waals surface area contributed by atoms with E-state index >= 15 is 0 Å². The number of esters is 1. The van der Waals surface area contributed by atoms with Crippen LogP contribution in [-0.2, 0) is 20.7 Å². The molecule has 1 fully saturated rings. The van der Waals surface area contributed by atoms with Crippen molar-refractivity contribution in [3.8, 4) is 10.7 Å². The standard InChI is InChI=1S/C16H19N3O4S/c20-13(17-11-4-1-2-5-11)10-22-15(21)8-7-14-18-16(19-23-14)12-6-3-9-24-12/h3,6,9,11H,1-2,4-5,7-8,10H2,(H,17,20). The Hall–Kier alpha value is -2.22. The molecule has 2 heterocycles. The summed E-state index contributed by atoms with van der Waals surface area (Å²) in [5.41, 5.74) is 0. The number of nitrogens with zero attached hydrogens (tertiary/aromatic N) is 2. The number of aryl methyl sites for hydroxylation is 1. The van der Waals surface area contributed by atoms with Crippen LogP contribution in [0.1, 0.15) is 38.0 Å². The maximum atomic E-state index is 11.7. The molecule has 1 aliphatic carbocycles. The van der Waals surface area contributed by atoms with E-state index in [1.54, 1.807) is 0 Å². The highest BCUT2D eigenvalue weighted by Crippen LogP contribution is 2.21. The summed E-state index contributed by atoms with van der Waals surface area (Å²) in [7, 11) is 0. The minimum atomic E-state index is -0.451. The second kappa shape index (κ2) is 8.05. The molecule has 3 rings (SSSR count). The fourth-order valence-electron chi connectivity index (χ4n) is 2.63. The molecule has 2 aromatic rings. The Morgan fingerprint density at radius 1 is 1.38 bits per heavy atom. The average molecular weight is 349 g/mol. The number of aromatic nitrogens is 2. The summed E-state index contributed by atoms with van der Waals surface area (Å²) in [6, 6.07) is 4.03. The van der Waals surface area contributed by atoms with Crippen molar-refractivity contribution in [3.63, 3.8) is 0 Å². The summed E-state index contributed by atoms with van der Waals surface area (Å²) >= 11 is 1.52. The van der Waals surface area contributed by atoms with Gasteiger partial charge in [0.25, 0.3) is 5.91 Å². The molecule has 0 bridgehead atoms. The molecule has 1 amide bonds. The van der Waals surface area contributed by atoms with Crippen molar-refractivity contribution < 1.29 is 18.8 Å². The van der Waals surface area contributed by atoms with Gasteiger partial charge in [0.1, 0.15) is 0 Å². The van der Waals surface area contributed by atoms with Gasteiger partial charge in [0, 0.05) is 12.5 Å². The van der Waals surface area contributed by atoms with Crippen molar-refractivity contribution in [2.24, 2.45) is 0 Å². The number of amides is 1. The van der Waals surface area contributed by atoms with Crippen LogP contribution in [0.5, 0.6) is 0 Å². The molecule has 0 aliphatic heterocycles. The Morgan fingerprint density at radius 2 is 2.21 bits per heavy atom. The Kier molecular flexibility index (Phi) is 5.58. The van der Waals surface area contributed by atoms with Crippen molar-refractivity contribution in [2.75, 3.05) is 6.61 Å². The molecule has 0 radical (unpaired) electrons. The summed E-state index contributed by atoms with van der Waals surface area (Å²) in [5, 5.41) is 8.68. The number of hydrogen-bond acceptors (Lipinski definition) is 7. The van der Waals surface area contributed by atoms with Gasteiger partial charge in [-0.15, -0.1) is 11.3 Å². The molecule has 1 N–H and O–H groups in total. The largest absolute Gasteiger partial charge is 0.456 e. The first-order valence-corrected chi connectivity index (χ1v) is 8.90. The quantitative estimate of drug-likeness (QED) is 0.771. The van der Waals surface area contributed by atoms with E-state index in [-0.39, 0.29) is 25.0 Å². The second-order valence-corrected chi connectivity index (χ2v) is 6.65. The van der Waals surface area contributed by atoms with Crippen molar-refractivity contribution in [1.29, 1.82) is 0 Å². The summed E-state index contributed by atoms with van der Waals surface area (Å²) in [4.78, 5) is 28.5. The average Bonchev–Trinajstić information content (AvgIpc) is 3.31. The first kappa shape index (κ1) is 16.6. The van der Waals surface area contributed by atoms with Crippen LogP contribution in [0.15, 0.2) is 22.0 Å². The zero-order chi connectivity index (χ0) is 16.8. The van der Waals surface area contributed by atoms with Crippen LogP contribution < -0.4 is 5.32 Å². The Labute approximate surface area is 143 Å². The highest BCUT2D eigenvalue weighted by atomic mass is 32.1. The minimum Gasteiger partial charge on any atom is -0.456 e. The predicted molar refractivity (Wildman–Crippen MR) is 87.3 cm³/mol. The van der Waals surface area contributed by atoms with E-state index < -0.39 is 5.97 Å². The van der Waals surface area contributed by atoms with Crippen molar-refractivity contribution in [2.45, 2.75) is 44.6 Å². The third-order valence-corrected chi connectivity index (χ3v) is 4.70. The molecule has 128 valence electrons. The van der Waals surface area contributed by atoms with E-state index in [2.05, 4.69) is 15.5 Å². The Morgan fingerprint density at radius 3 is 2.96 bits per heavy atom. The lowest BCUT2D eigenvalue weighted by Gasteiger charge is -2.11. The van der Waals surface area contributed by atoms with Crippen molar-refractivity contribution >= 4 is 23.2 Å². The molecular formula is C16H19N3O4S. The zero-order valence-electron chi connectivity index (χ0n) is 13.2. The number of carbonyl (C=O) groups is 2. The lowest BCUT2D eigenvalue weighted by molar-refractivity contribution is -0.148. The molecule has 1 aliphatic rings. The maximum Gasteiger partial charge on any atom is 0.306 e. The van der Waals surface area contributed by atoms with Crippen LogP contribution in [0.25, 0.3) is 10.7 Å². The third kappa shape index (κ3) is 4.64. The third-order valence-electron chi connectivity index (χ3n) is 3.84. The van der Waals surface area contributed by atoms with Crippen LogP contribution in [0.2, 0.25) is 0 Å². The molecule has 0 saturated heterocycles. The van der Waals surface area contributed by atoms with Gasteiger partial charge in [-0.25, -0.2) is 0 Å². The fraction of sp³-hybridized carbons (Fsp3) is 0.500. The van der Waals surface area contributed by atoms with E-state index in [0.717, 1.165) is 30.6 Å². The van der Waals surface area contributed by atoms with Gasteiger partial charge in [-0.05, 0) is 24.3 Å². The van der Waals surface area contributed by atoms with Gasteiger partial charge in [0.2, 0.25) is 11.7 Å². The number of rotatable bonds is 7. The number of ether oxygens (including phenoxy) is 1.